The van der Waals surface area contributed by atoms with E-state index in [1.165, 1.54) is 12.1 Å². The summed E-state index contributed by atoms with van der Waals surface area (Å²) in [6.45, 7) is 0.340. The minimum Gasteiger partial charge on any atom is -0.396 e. The van der Waals surface area contributed by atoms with Gasteiger partial charge in [-0.05, 0) is 60.2 Å². The van der Waals surface area contributed by atoms with Crippen molar-refractivity contribution in [1.82, 2.24) is 5.32 Å². The van der Waals surface area contributed by atoms with Crippen LogP contribution in [0.5, 0.6) is 0 Å². The Kier molecular flexibility index (Phi) is 8.11. The Bertz CT molecular complexity index is 928. The van der Waals surface area contributed by atoms with Gasteiger partial charge in [0.1, 0.15) is 5.82 Å². The molecule has 3 aromatic carbocycles. The Morgan fingerprint density at radius 2 is 1.57 bits per heavy atom. The molecule has 0 saturated carbocycles. The lowest BCUT2D eigenvalue weighted by atomic mass is 9.98. The molecule has 0 bridgehead atoms. The molecule has 158 valence electrons. The van der Waals surface area contributed by atoms with E-state index < -0.39 is 6.10 Å². The molecule has 0 spiro atoms. The molecule has 30 heavy (non-hydrogen) atoms. The number of halogens is 3. The third-order valence-electron chi connectivity index (χ3n) is 5.12. The van der Waals surface area contributed by atoms with Gasteiger partial charge >= 0.3 is 0 Å². The van der Waals surface area contributed by atoms with Gasteiger partial charge in [0.25, 0.3) is 0 Å². The van der Waals surface area contributed by atoms with Crippen molar-refractivity contribution in [3.8, 4) is 0 Å². The van der Waals surface area contributed by atoms with Crippen LogP contribution >= 0.6 is 23.2 Å². The number of rotatable bonds is 9. The van der Waals surface area contributed by atoms with Crippen LogP contribution in [0.4, 0.5) is 10.1 Å². The summed E-state index contributed by atoms with van der Waals surface area (Å²) in [5.74, 6) is -0.223. The molecule has 0 saturated heterocycles. The fourth-order valence-electron chi connectivity index (χ4n) is 3.40. The van der Waals surface area contributed by atoms with Gasteiger partial charge in [-0.25, -0.2) is 4.39 Å². The normalized spacial score (nSPS) is 13.2. The lowest BCUT2D eigenvalue weighted by molar-refractivity contribution is 0.169. The van der Waals surface area contributed by atoms with Crippen LogP contribution in [0.25, 0.3) is 0 Å². The molecule has 0 radical (unpaired) electrons. The second kappa shape index (κ2) is 10.8. The van der Waals surface area contributed by atoms with Crippen molar-refractivity contribution < 1.29 is 9.50 Å². The van der Waals surface area contributed by atoms with E-state index in [0.717, 1.165) is 30.4 Å². The fraction of sp³-hybridized carbons (Fsp3) is 0.250. The molecule has 3 nitrogen and oxygen atoms in total. The lowest BCUT2D eigenvalue weighted by Crippen LogP contribution is -2.26. The summed E-state index contributed by atoms with van der Waals surface area (Å²) in [5, 5.41) is 14.7. The smallest absolute Gasteiger partial charge is 0.123 e. The third kappa shape index (κ3) is 6.19. The molecule has 0 aliphatic rings. The van der Waals surface area contributed by atoms with Crippen LogP contribution in [0, 0.1) is 5.82 Å². The molecule has 4 N–H and O–H groups in total. The Labute approximate surface area is 186 Å². The van der Waals surface area contributed by atoms with Crippen molar-refractivity contribution >= 4 is 28.9 Å². The molecule has 3 rings (SSSR count). The number of anilines is 1. The quantitative estimate of drug-likeness (QED) is 0.348. The molecule has 0 heterocycles. The number of aryl methyl sites for hydroxylation is 1. The topological polar surface area (TPSA) is 58.3 Å². The maximum absolute atomic E-state index is 13.1. The maximum Gasteiger partial charge on any atom is 0.123 e. The zero-order chi connectivity index (χ0) is 21.5. The number of aliphatic hydroxyl groups is 1. The maximum atomic E-state index is 13.1. The highest BCUT2D eigenvalue weighted by Crippen LogP contribution is 2.31. The number of nitrogen functional groups attached to an aromatic ring is 1. The van der Waals surface area contributed by atoms with Gasteiger partial charge in [0.05, 0.1) is 21.8 Å². The van der Waals surface area contributed by atoms with Crippen LogP contribution < -0.4 is 11.1 Å². The second-order valence-electron chi connectivity index (χ2n) is 7.30. The van der Waals surface area contributed by atoms with Crippen molar-refractivity contribution in [2.24, 2.45) is 0 Å². The molecule has 2 unspecified atom stereocenters. The Morgan fingerprint density at radius 1 is 0.933 bits per heavy atom. The second-order valence-corrected chi connectivity index (χ2v) is 8.12. The van der Waals surface area contributed by atoms with Crippen molar-refractivity contribution in [1.29, 1.82) is 0 Å². The van der Waals surface area contributed by atoms with E-state index in [0.29, 0.717) is 27.8 Å². The fourth-order valence-corrected chi connectivity index (χ4v) is 3.91. The SMILES string of the molecule is Nc1c(Cl)cc(C(O)CNC(CCCc2ccc(F)cc2)c2ccccc2)cc1Cl. The summed E-state index contributed by atoms with van der Waals surface area (Å²) in [4.78, 5) is 0. The van der Waals surface area contributed by atoms with Crippen molar-refractivity contribution in [3.63, 3.8) is 0 Å². The van der Waals surface area contributed by atoms with Gasteiger partial charge in [0.15, 0.2) is 0 Å². The molecule has 0 aromatic heterocycles. The summed E-state index contributed by atoms with van der Waals surface area (Å²) in [6.07, 6.45) is 1.88. The Hall–Kier alpha value is -2.11. The predicted octanol–water partition coefficient (Wildman–Crippen LogP) is 6.10. The van der Waals surface area contributed by atoms with Crippen molar-refractivity contribution in [2.75, 3.05) is 12.3 Å². The zero-order valence-corrected chi connectivity index (χ0v) is 18.0. The third-order valence-corrected chi connectivity index (χ3v) is 5.74. The zero-order valence-electron chi connectivity index (χ0n) is 16.5. The van der Waals surface area contributed by atoms with Gasteiger partial charge in [-0.3, -0.25) is 0 Å². The average Bonchev–Trinajstić information content (AvgIpc) is 2.75. The van der Waals surface area contributed by atoms with Crippen LogP contribution in [0.2, 0.25) is 10.0 Å². The van der Waals surface area contributed by atoms with E-state index in [2.05, 4.69) is 17.4 Å². The molecule has 0 fully saturated rings. The standard InChI is InChI=1S/C24H25Cl2FN2O/c25-20-13-18(14-21(26)24(20)28)23(30)15-29-22(17-6-2-1-3-7-17)8-4-5-16-9-11-19(27)12-10-16/h1-3,6-7,9-14,22-23,29-30H,4-5,8,15,28H2. The number of hydrogen-bond acceptors (Lipinski definition) is 3. The minimum absolute atomic E-state index is 0.0704. The van der Waals surface area contributed by atoms with Crippen LogP contribution in [0.15, 0.2) is 66.7 Å². The average molecular weight is 447 g/mol. The molecule has 0 aliphatic heterocycles. The Morgan fingerprint density at radius 3 is 2.20 bits per heavy atom. The monoisotopic (exact) mass is 446 g/mol. The lowest BCUT2D eigenvalue weighted by Gasteiger charge is -2.22. The highest BCUT2D eigenvalue weighted by molar-refractivity contribution is 6.38. The number of nitrogens with two attached hydrogens (primary N) is 1. The molecular weight excluding hydrogens is 422 g/mol. The highest BCUT2D eigenvalue weighted by atomic mass is 35.5. The van der Waals surface area contributed by atoms with E-state index in [1.54, 1.807) is 12.1 Å². The van der Waals surface area contributed by atoms with Gasteiger partial charge in [-0.15, -0.1) is 0 Å². The van der Waals surface area contributed by atoms with E-state index >= 15 is 0 Å². The van der Waals surface area contributed by atoms with Crippen LogP contribution in [-0.4, -0.2) is 11.7 Å². The van der Waals surface area contributed by atoms with Gasteiger partial charge in [0.2, 0.25) is 0 Å². The number of hydrogen-bond donors (Lipinski definition) is 3. The van der Waals surface area contributed by atoms with Gasteiger partial charge in [0, 0.05) is 12.6 Å². The van der Waals surface area contributed by atoms with E-state index in [-0.39, 0.29) is 11.9 Å². The summed E-state index contributed by atoms with van der Waals surface area (Å²) < 4.78 is 13.1. The first-order valence-electron chi connectivity index (χ1n) is 9.89. The summed E-state index contributed by atoms with van der Waals surface area (Å²) in [6, 6.07) is 20.1. The molecule has 3 aromatic rings. The van der Waals surface area contributed by atoms with Crippen molar-refractivity contribution in [3.05, 3.63) is 99.3 Å². The number of aliphatic hydroxyl groups excluding tert-OH is 1. The van der Waals surface area contributed by atoms with Gasteiger partial charge < -0.3 is 16.2 Å². The van der Waals surface area contributed by atoms with Crippen LogP contribution in [0.1, 0.15) is 41.7 Å². The van der Waals surface area contributed by atoms with Gasteiger partial charge in [-0.2, -0.15) is 0 Å². The molecule has 0 amide bonds. The molecule has 0 aliphatic carbocycles. The number of benzene rings is 3. The van der Waals surface area contributed by atoms with Gasteiger partial charge in [-0.1, -0.05) is 65.7 Å². The highest BCUT2D eigenvalue weighted by Gasteiger charge is 2.16. The van der Waals surface area contributed by atoms with Crippen LogP contribution in [-0.2, 0) is 6.42 Å². The Balaban J connectivity index is 1.63. The summed E-state index contributed by atoms with van der Waals surface area (Å²) in [7, 11) is 0. The number of nitrogens with one attached hydrogen (secondary N) is 1. The summed E-state index contributed by atoms with van der Waals surface area (Å²) >= 11 is 12.2. The first-order valence-corrected chi connectivity index (χ1v) is 10.6. The first-order chi connectivity index (χ1) is 14.4. The molecule has 2 atom stereocenters. The largest absolute Gasteiger partial charge is 0.396 e. The molecular formula is C24H25Cl2FN2O. The first kappa shape index (κ1) is 22.6. The van der Waals surface area contributed by atoms with Crippen LogP contribution in [0.3, 0.4) is 0 Å². The van der Waals surface area contributed by atoms with E-state index in [9.17, 15) is 9.50 Å². The van der Waals surface area contributed by atoms with E-state index in [4.69, 9.17) is 28.9 Å². The minimum atomic E-state index is -0.774. The molecule has 6 heteroatoms. The summed E-state index contributed by atoms with van der Waals surface area (Å²) in [5.41, 5.74) is 8.96. The predicted molar refractivity (Wildman–Crippen MR) is 122 cm³/mol. The van der Waals surface area contributed by atoms with Crippen molar-refractivity contribution in [2.45, 2.75) is 31.4 Å². The van der Waals surface area contributed by atoms with E-state index in [1.807, 2.05) is 30.3 Å².